The van der Waals surface area contributed by atoms with E-state index in [4.69, 9.17) is 5.41 Å². The van der Waals surface area contributed by atoms with Crippen molar-refractivity contribution >= 4 is 34.8 Å². The lowest BCUT2D eigenvalue weighted by Crippen LogP contribution is -2.25. The van der Waals surface area contributed by atoms with Gasteiger partial charge in [-0.2, -0.15) is 0 Å². The molecular weight excluding hydrogens is 701 g/mol. The molecule has 2 heteroatoms. The fourth-order valence-corrected chi connectivity index (χ4v) is 8.87. The van der Waals surface area contributed by atoms with Crippen LogP contribution < -0.4 is 5.32 Å². The number of allylic oxidation sites excluding steroid dienone is 7. The van der Waals surface area contributed by atoms with Gasteiger partial charge in [0.1, 0.15) is 0 Å². The number of benzene rings is 6. The monoisotopic (exact) mass is 756 g/mol. The lowest BCUT2D eigenvalue weighted by Gasteiger charge is -2.36. The van der Waals surface area contributed by atoms with Crippen molar-refractivity contribution in [2.75, 3.05) is 5.32 Å². The average Bonchev–Trinajstić information content (AvgIpc) is 3.47. The molecule has 2 N–H and O–H groups in total. The lowest BCUT2D eigenvalue weighted by molar-refractivity contribution is 0.638. The van der Waals surface area contributed by atoms with Crippen molar-refractivity contribution in [2.24, 2.45) is 0 Å². The molecule has 0 bridgehead atoms. The molecule has 1 unspecified atom stereocenters. The SMILES string of the molecule is C/C=C(\C=N)c1ccccc1.C/C=C\C1=C(CC)c2ccc(C(/C=C/c3ccc(-c4ccc5c(c4)C(C)(C)c4ccccc4N5)cc3)c3ccccc3)cc2C1(C)C. The first-order valence-electron chi connectivity index (χ1n) is 20.7. The second kappa shape index (κ2) is 17.1. The van der Waals surface area contributed by atoms with Crippen LogP contribution in [-0.2, 0) is 10.8 Å². The zero-order valence-electron chi connectivity index (χ0n) is 35.1. The highest BCUT2D eigenvalue weighted by Crippen LogP contribution is 2.49. The van der Waals surface area contributed by atoms with Crippen LogP contribution >= 0.6 is 0 Å². The summed E-state index contributed by atoms with van der Waals surface area (Å²) < 4.78 is 0. The van der Waals surface area contributed by atoms with Gasteiger partial charge in [0, 0.05) is 34.3 Å². The van der Waals surface area contributed by atoms with Gasteiger partial charge in [0.25, 0.3) is 0 Å². The third kappa shape index (κ3) is 7.85. The normalized spacial score (nSPS) is 15.5. The van der Waals surface area contributed by atoms with Gasteiger partial charge in [0.2, 0.25) is 0 Å². The molecule has 0 radical (unpaired) electrons. The van der Waals surface area contributed by atoms with Gasteiger partial charge in [-0.3, -0.25) is 0 Å². The highest BCUT2D eigenvalue weighted by atomic mass is 14.9. The predicted octanol–water partition coefficient (Wildman–Crippen LogP) is 15.4. The van der Waals surface area contributed by atoms with Gasteiger partial charge in [-0.25, -0.2) is 0 Å². The van der Waals surface area contributed by atoms with Crippen LogP contribution in [0.15, 0.2) is 175 Å². The van der Waals surface area contributed by atoms with E-state index >= 15 is 0 Å². The van der Waals surface area contributed by atoms with E-state index in [1.807, 2.05) is 43.3 Å². The molecule has 6 aromatic rings. The maximum atomic E-state index is 7.10. The van der Waals surface area contributed by atoms with Crippen LogP contribution in [-0.4, -0.2) is 6.21 Å². The molecule has 0 saturated carbocycles. The maximum Gasteiger partial charge on any atom is 0.0426 e. The van der Waals surface area contributed by atoms with Crippen molar-refractivity contribution in [3.05, 3.63) is 220 Å². The summed E-state index contributed by atoms with van der Waals surface area (Å²) in [5, 5.41) is 10.8. The maximum absolute atomic E-state index is 7.10. The van der Waals surface area contributed by atoms with Gasteiger partial charge in [-0.05, 0) is 111 Å². The van der Waals surface area contributed by atoms with E-state index in [9.17, 15) is 0 Å². The lowest BCUT2D eigenvalue weighted by atomic mass is 9.73. The molecule has 0 aromatic heterocycles. The van der Waals surface area contributed by atoms with Crippen LogP contribution in [0.1, 0.15) is 105 Å². The first kappa shape index (κ1) is 40.0. The first-order chi connectivity index (χ1) is 28.1. The standard InChI is InChI=1S/C46H45N.C10H11N/c1-7-14-39-36(8-2)38-27-24-35(30-41(38)45(39,3)4)37(33-15-10-9-11-16-33)26-21-31-19-22-32(23-20-31)34-25-28-44-42(29-34)46(5,6)40-17-12-13-18-43(40)47-44;1-2-9(8-11)10-6-4-3-5-7-10/h7,9-30,37,47H,8H2,1-6H3;2-8,11H,1H3/b14-7-,26-21+;9-2+,11-8?. The Morgan fingerprint density at radius 1 is 0.621 bits per heavy atom. The van der Waals surface area contributed by atoms with E-state index in [1.54, 1.807) is 0 Å². The topological polar surface area (TPSA) is 35.9 Å². The number of nitrogens with one attached hydrogen (secondary N) is 2. The Labute approximate surface area is 346 Å². The van der Waals surface area contributed by atoms with Crippen molar-refractivity contribution in [3.8, 4) is 11.1 Å². The van der Waals surface area contributed by atoms with Gasteiger partial charge in [-0.15, -0.1) is 0 Å². The second-order valence-corrected chi connectivity index (χ2v) is 16.4. The van der Waals surface area contributed by atoms with E-state index in [-0.39, 0.29) is 16.7 Å². The molecule has 8 rings (SSSR count). The average molecular weight is 757 g/mol. The van der Waals surface area contributed by atoms with E-state index in [0.717, 1.165) is 17.6 Å². The minimum absolute atomic E-state index is 0.0185. The Kier molecular flexibility index (Phi) is 11.8. The largest absolute Gasteiger partial charge is 0.355 e. The fraction of sp³-hybridized carbons (Fsp3) is 0.196. The van der Waals surface area contributed by atoms with Crippen molar-refractivity contribution in [3.63, 3.8) is 0 Å². The van der Waals surface area contributed by atoms with Crippen LogP contribution in [0.2, 0.25) is 0 Å². The van der Waals surface area contributed by atoms with Gasteiger partial charge in [0.15, 0.2) is 0 Å². The highest BCUT2D eigenvalue weighted by Gasteiger charge is 2.36. The quantitative estimate of drug-likeness (QED) is 0.142. The molecule has 6 aromatic carbocycles. The van der Waals surface area contributed by atoms with Gasteiger partial charge in [-0.1, -0.05) is 192 Å². The molecule has 1 aliphatic carbocycles. The Morgan fingerprint density at radius 2 is 1.28 bits per heavy atom. The molecule has 0 amide bonds. The molecule has 1 aliphatic heterocycles. The Bertz CT molecular complexity index is 2530. The third-order valence-electron chi connectivity index (χ3n) is 12.1. The summed E-state index contributed by atoms with van der Waals surface area (Å²) in [6, 6.07) is 52.5. The highest BCUT2D eigenvalue weighted by molar-refractivity contribution is 6.08. The molecule has 0 fully saturated rings. The van der Waals surface area contributed by atoms with Crippen LogP contribution in [0.3, 0.4) is 0 Å². The number of hydrogen-bond donors (Lipinski definition) is 2. The van der Waals surface area contributed by atoms with Gasteiger partial charge in [0.05, 0.1) is 0 Å². The summed E-state index contributed by atoms with van der Waals surface area (Å²) in [6.45, 7) is 15.7. The Hall–Kier alpha value is -6.25. The molecule has 2 nitrogen and oxygen atoms in total. The van der Waals surface area contributed by atoms with E-state index in [2.05, 4.69) is 186 Å². The van der Waals surface area contributed by atoms with Crippen molar-refractivity contribution in [1.29, 1.82) is 5.41 Å². The third-order valence-corrected chi connectivity index (χ3v) is 12.1. The van der Waals surface area contributed by atoms with Crippen molar-refractivity contribution in [2.45, 2.75) is 71.6 Å². The van der Waals surface area contributed by atoms with Crippen molar-refractivity contribution < 1.29 is 0 Å². The van der Waals surface area contributed by atoms with Gasteiger partial charge >= 0.3 is 0 Å². The zero-order chi connectivity index (χ0) is 40.9. The number of hydrogen-bond acceptors (Lipinski definition) is 2. The molecule has 0 spiro atoms. The minimum Gasteiger partial charge on any atom is -0.355 e. The summed E-state index contributed by atoms with van der Waals surface area (Å²) >= 11 is 0. The molecule has 0 saturated heterocycles. The zero-order valence-corrected chi connectivity index (χ0v) is 35.1. The predicted molar refractivity (Wildman–Crippen MR) is 251 cm³/mol. The molecule has 2 aliphatic rings. The van der Waals surface area contributed by atoms with E-state index < -0.39 is 0 Å². The van der Waals surface area contributed by atoms with Crippen LogP contribution in [0.25, 0.3) is 28.3 Å². The Balaban J connectivity index is 0.000000404. The van der Waals surface area contributed by atoms with E-state index in [0.29, 0.717) is 0 Å². The molecule has 58 heavy (non-hydrogen) atoms. The molecular formula is C56H56N2. The molecule has 290 valence electrons. The summed E-state index contributed by atoms with van der Waals surface area (Å²) in [5.41, 5.74) is 19.1. The summed E-state index contributed by atoms with van der Waals surface area (Å²) in [7, 11) is 0. The second-order valence-electron chi connectivity index (χ2n) is 16.4. The number of para-hydroxylation sites is 1. The van der Waals surface area contributed by atoms with Crippen LogP contribution in [0.5, 0.6) is 0 Å². The number of rotatable bonds is 9. The summed E-state index contributed by atoms with van der Waals surface area (Å²) in [4.78, 5) is 0. The fourth-order valence-electron chi connectivity index (χ4n) is 8.87. The van der Waals surface area contributed by atoms with Crippen molar-refractivity contribution in [1.82, 2.24) is 0 Å². The number of anilines is 2. The summed E-state index contributed by atoms with van der Waals surface area (Å²) in [6.07, 6.45) is 13.5. The minimum atomic E-state index is -0.0719. The Morgan fingerprint density at radius 3 is 1.95 bits per heavy atom. The van der Waals surface area contributed by atoms with Crippen LogP contribution in [0.4, 0.5) is 11.4 Å². The van der Waals surface area contributed by atoms with E-state index in [1.165, 1.54) is 78.8 Å². The first-order valence-corrected chi connectivity index (χ1v) is 20.7. The van der Waals surface area contributed by atoms with Gasteiger partial charge < -0.3 is 10.7 Å². The molecule has 1 atom stereocenters. The summed E-state index contributed by atoms with van der Waals surface area (Å²) in [5.74, 6) is 0.158. The smallest absolute Gasteiger partial charge is 0.0426 e. The molecule has 1 heterocycles. The number of fused-ring (bicyclic) bond motifs is 3. The van der Waals surface area contributed by atoms with Crippen LogP contribution in [0, 0.1) is 5.41 Å².